The lowest BCUT2D eigenvalue weighted by Gasteiger charge is -2.21. The molecule has 1 N–H and O–H groups in total. The summed E-state index contributed by atoms with van der Waals surface area (Å²) in [6, 6.07) is 12.9. The third-order valence-electron chi connectivity index (χ3n) is 3.83. The van der Waals surface area contributed by atoms with Crippen molar-refractivity contribution in [3.63, 3.8) is 0 Å². The molecular weight excluding hydrogens is 296 g/mol. The molecule has 0 bridgehead atoms. The molecule has 2 aromatic rings. The number of hydrogen-bond donors (Lipinski definition) is 1. The van der Waals surface area contributed by atoms with E-state index in [0.29, 0.717) is 5.02 Å². The Balaban J connectivity index is 1.88. The summed E-state index contributed by atoms with van der Waals surface area (Å²) in [6.45, 7) is 0. The molecule has 0 spiro atoms. The predicted octanol–water partition coefficient (Wildman–Crippen LogP) is 3.91. The molecule has 4 heteroatoms. The number of nitrogens with zero attached hydrogens (tertiary/aromatic N) is 1. The van der Waals surface area contributed by atoms with Crippen LogP contribution in [0.25, 0.3) is 0 Å². The Morgan fingerprint density at radius 2 is 2.00 bits per heavy atom. The number of aromatic nitrogens is 1. The Morgan fingerprint density at radius 1 is 1.18 bits per heavy atom. The summed E-state index contributed by atoms with van der Waals surface area (Å²) in [6.07, 6.45) is 7.45. The van der Waals surface area contributed by atoms with E-state index in [2.05, 4.69) is 22.5 Å². The highest BCUT2D eigenvalue weighted by Gasteiger charge is 2.24. The van der Waals surface area contributed by atoms with E-state index >= 15 is 0 Å². The van der Waals surface area contributed by atoms with Gasteiger partial charge in [-0.25, -0.2) is 0 Å². The van der Waals surface area contributed by atoms with Crippen molar-refractivity contribution in [2.75, 3.05) is 0 Å². The number of nitrogens with one attached hydrogen (secondary N) is 1. The van der Waals surface area contributed by atoms with Crippen molar-refractivity contribution in [3.05, 3.63) is 77.1 Å². The van der Waals surface area contributed by atoms with E-state index in [1.807, 2.05) is 42.5 Å². The molecule has 3 rings (SSSR count). The minimum atomic E-state index is -0.284. The zero-order chi connectivity index (χ0) is 15.4. The molecule has 0 fully saturated rings. The minimum absolute atomic E-state index is 0.0189. The Kier molecular flexibility index (Phi) is 4.54. The quantitative estimate of drug-likeness (QED) is 0.870. The largest absolute Gasteiger partial charge is 0.343 e. The number of halogens is 1. The number of pyridine rings is 1. The molecule has 1 heterocycles. The Hall–Kier alpha value is -2.13. The van der Waals surface area contributed by atoms with Crippen LogP contribution >= 0.6 is 11.6 Å². The molecule has 1 atom stereocenters. The van der Waals surface area contributed by atoms with Gasteiger partial charge in [-0.05, 0) is 42.7 Å². The van der Waals surface area contributed by atoms with Crippen LogP contribution in [0.4, 0.5) is 0 Å². The van der Waals surface area contributed by atoms with E-state index in [0.717, 1.165) is 24.1 Å². The van der Waals surface area contributed by atoms with Crippen molar-refractivity contribution >= 4 is 17.5 Å². The van der Waals surface area contributed by atoms with E-state index in [9.17, 15) is 4.79 Å². The van der Waals surface area contributed by atoms with Crippen LogP contribution < -0.4 is 5.32 Å². The maximum absolute atomic E-state index is 12.5. The zero-order valence-corrected chi connectivity index (χ0v) is 12.8. The van der Waals surface area contributed by atoms with Gasteiger partial charge in [0.2, 0.25) is 5.91 Å². The molecule has 3 nitrogen and oxygen atoms in total. The first-order valence-electron chi connectivity index (χ1n) is 7.36. The van der Waals surface area contributed by atoms with Crippen molar-refractivity contribution in [1.29, 1.82) is 0 Å². The van der Waals surface area contributed by atoms with Gasteiger partial charge in [-0.3, -0.25) is 9.78 Å². The average Bonchev–Trinajstić information content (AvgIpc) is 3.08. The maximum Gasteiger partial charge on any atom is 0.224 e. The van der Waals surface area contributed by atoms with Crippen LogP contribution in [0.3, 0.4) is 0 Å². The van der Waals surface area contributed by atoms with Crippen molar-refractivity contribution in [1.82, 2.24) is 10.3 Å². The molecule has 1 aromatic carbocycles. The number of carbonyl (C=O) groups is 1. The summed E-state index contributed by atoms with van der Waals surface area (Å²) in [4.78, 5) is 16.9. The summed E-state index contributed by atoms with van der Waals surface area (Å²) in [7, 11) is 0. The molecule has 1 aromatic heterocycles. The lowest BCUT2D eigenvalue weighted by atomic mass is 10.0. The van der Waals surface area contributed by atoms with Gasteiger partial charge in [-0.1, -0.05) is 42.0 Å². The van der Waals surface area contributed by atoms with Gasteiger partial charge in [0, 0.05) is 17.1 Å². The number of benzene rings is 1. The van der Waals surface area contributed by atoms with Crippen molar-refractivity contribution in [2.24, 2.45) is 5.92 Å². The van der Waals surface area contributed by atoms with Gasteiger partial charge in [0.05, 0.1) is 11.7 Å². The Labute approximate surface area is 135 Å². The first kappa shape index (κ1) is 14.8. The van der Waals surface area contributed by atoms with Crippen molar-refractivity contribution < 1.29 is 4.79 Å². The monoisotopic (exact) mass is 312 g/mol. The molecule has 0 saturated heterocycles. The SMILES string of the molecule is O=C(N[C@@H](c1cccc(Cl)c1)c1ccccn1)C1CC=CC1. The van der Waals surface area contributed by atoms with Gasteiger partial charge in [0.15, 0.2) is 0 Å². The van der Waals surface area contributed by atoms with Crippen LogP contribution in [0.5, 0.6) is 0 Å². The van der Waals surface area contributed by atoms with Crippen molar-refractivity contribution in [2.45, 2.75) is 18.9 Å². The highest BCUT2D eigenvalue weighted by molar-refractivity contribution is 6.30. The first-order valence-corrected chi connectivity index (χ1v) is 7.73. The normalized spacial score (nSPS) is 15.7. The Morgan fingerprint density at radius 3 is 2.68 bits per heavy atom. The summed E-state index contributed by atoms with van der Waals surface area (Å²) in [5, 5.41) is 3.77. The second kappa shape index (κ2) is 6.75. The van der Waals surface area contributed by atoms with E-state index in [-0.39, 0.29) is 17.9 Å². The summed E-state index contributed by atoms with van der Waals surface area (Å²) >= 11 is 6.10. The maximum atomic E-state index is 12.5. The van der Waals surface area contributed by atoms with Crippen molar-refractivity contribution in [3.8, 4) is 0 Å². The van der Waals surface area contributed by atoms with Crippen LogP contribution in [0.2, 0.25) is 5.02 Å². The average molecular weight is 313 g/mol. The van der Waals surface area contributed by atoms with Crippen LogP contribution in [0, 0.1) is 5.92 Å². The predicted molar refractivity (Wildman–Crippen MR) is 87.5 cm³/mol. The molecule has 0 aliphatic heterocycles. The van der Waals surface area contributed by atoms with Gasteiger partial charge in [0.1, 0.15) is 0 Å². The Bertz CT molecular complexity index is 676. The standard InChI is InChI=1S/C18H17ClN2O/c19-15-9-5-8-14(12-15)17(16-10-3-4-11-20-16)21-18(22)13-6-1-2-7-13/h1-5,8-13,17H,6-7H2,(H,21,22)/t17-/m0/s1. The third kappa shape index (κ3) is 3.37. The van der Waals surface area contributed by atoms with Gasteiger partial charge in [0.25, 0.3) is 0 Å². The van der Waals surface area contributed by atoms with E-state index in [1.54, 1.807) is 6.20 Å². The number of amides is 1. The number of carbonyl (C=O) groups excluding carboxylic acids is 1. The fraction of sp³-hybridized carbons (Fsp3) is 0.222. The van der Waals surface area contributed by atoms with Gasteiger partial charge in [-0.15, -0.1) is 0 Å². The molecule has 1 amide bonds. The fourth-order valence-electron chi connectivity index (χ4n) is 2.65. The van der Waals surface area contributed by atoms with E-state index < -0.39 is 0 Å². The lowest BCUT2D eigenvalue weighted by molar-refractivity contribution is -0.125. The van der Waals surface area contributed by atoms with Gasteiger partial charge < -0.3 is 5.32 Å². The summed E-state index contributed by atoms with van der Waals surface area (Å²) < 4.78 is 0. The fourth-order valence-corrected chi connectivity index (χ4v) is 2.85. The highest BCUT2D eigenvalue weighted by atomic mass is 35.5. The third-order valence-corrected chi connectivity index (χ3v) is 4.07. The molecule has 112 valence electrons. The second-order valence-corrected chi connectivity index (χ2v) is 5.83. The zero-order valence-electron chi connectivity index (χ0n) is 12.1. The topological polar surface area (TPSA) is 42.0 Å². The molecule has 1 aliphatic carbocycles. The smallest absolute Gasteiger partial charge is 0.224 e. The summed E-state index contributed by atoms with van der Waals surface area (Å²) in [5.41, 5.74) is 1.74. The van der Waals surface area contributed by atoms with Crippen LogP contribution in [-0.4, -0.2) is 10.9 Å². The minimum Gasteiger partial charge on any atom is -0.343 e. The molecule has 0 unspecified atom stereocenters. The van der Waals surface area contributed by atoms with Gasteiger partial charge in [-0.2, -0.15) is 0 Å². The van der Waals surface area contributed by atoms with Gasteiger partial charge >= 0.3 is 0 Å². The molecule has 0 saturated carbocycles. The van der Waals surface area contributed by atoms with Crippen LogP contribution in [0.15, 0.2) is 60.8 Å². The van der Waals surface area contributed by atoms with E-state index in [4.69, 9.17) is 11.6 Å². The second-order valence-electron chi connectivity index (χ2n) is 5.39. The molecular formula is C18H17ClN2O. The molecule has 1 aliphatic rings. The molecule has 22 heavy (non-hydrogen) atoms. The number of rotatable bonds is 4. The van der Waals surface area contributed by atoms with Crippen LogP contribution in [-0.2, 0) is 4.79 Å². The number of allylic oxidation sites excluding steroid dienone is 2. The van der Waals surface area contributed by atoms with Crippen LogP contribution in [0.1, 0.15) is 30.1 Å². The molecule has 0 radical (unpaired) electrons. The highest BCUT2D eigenvalue weighted by Crippen LogP contribution is 2.25. The van der Waals surface area contributed by atoms with E-state index in [1.165, 1.54) is 0 Å². The first-order chi connectivity index (χ1) is 10.7. The summed E-state index contributed by atoms with van der Waals surface area (Å²) in [5.74, 6) is 0.0750. The number of hydrogen-bond acceptors (Lipinski definition) is 2. The lowest BCUT2D eigenvalue weighted by Crippen LogP contribution is -2.34.